The number of hydrogen-bond acceptors (Lipinski definition) is 4. The normalized spacial score (nSPS) is 11.6. The zero-order valence-corrected chi connectivity index (χ0v) is 8.85. The average molecular weight is 237 g/mol. The Morgan fingerprint density at radius 2 is 2.07 bits per heavy atom. The third kappa shape index (κ3) is 1.98. The topological polar surface area (TPSA) is 92.4 Å². The number of sulfonamides is 1. The molecule has 0 radical (unpaired) electrons. The third-order valence-electron chi connectivity index (χ3n) is 1.70. The molecule has 0 amide bonds. The fraction of sp³-hybridized carbons (Fsp3) is 0.143. The number of rotatable bonds is 2. The van der Waals surface area contributed by atoms with E-state index in [0.29, 0.717) is 5.56 Å². The van der Waals surface area contributed by atoms with Crippen molar-refractivity contribution in [2.24, 2.45) is 0 Å². The Bertz CT molecular complexity index is 458. The summed E-state index contributed by atoms with van der Waals surface area (Å²) in [6.07, 6.45) is 0. The minimum Gasteiger partial charge on any atom is -0.398 e. The van der Waals surface area contributed by atoms with Gasteiger partial charge in [-0.1, -0.05) is 16.5 Å². The van der Waals surface area contributed by atoms with E-state index < -0.39 is 10.0 Å². The summed E-state index contributed by atoms with van der Waals surface area (Å²) in [6.45, 7) is 1.70. The first-order chi connectivity index (χ1) is 6.38. The molecule has 5 nitrogen and oxygen atoms in total. The van der Waals surface area contributed by atoms with Gasteiger partial charge in [0, 0.05) is 5.02 Å². The predicted octanol–water partition coefficient (Wildman–Crippen LogP) is 0.898. The Labute approximate surface area is 86.5 Å². The molecule has 4 N–H and O–H groups in total. The molecule has 0 fully saturated rings. The number of nitrogens with one attached hydrogen (secondary N) is 1. The highest BCUT2D eigenvalue weighted by atomic mass is 35.5. The molecule has 1 aromatic rings. The van der Waals surface area contributed by atoms with Gasteiger partial charge >= 0.3 is 0 Å². The van der Waals surface area contributed by atoms with Gasteiger partial charge in [0.2, 0.25) is 0 Å². The van der Waals surface area contributed by atoms with E-state index in [1.54, 1.807) is 6.92 Å². The van der Waals surface area contributed by atoms with Crippen LogP contribution < -0.4 is 10.6 Å². The molecule has 78 valence electrons. The molecule has 0 heterocycles. The number of hydrogen-bond donors (Lipinski definition) is 3. The van der Waals surface area contributed by atoms with Crippen molar-refractivity contribution in [2.45, 2.75) is 11.8 Å². The summed E-state index contributed by atoms with van der Waals surface area (Å²) in [4.78, 5) is 0.939. The van der Waals surface area contributed by atoms with Crippen molar-refractivity contribution in [3.05, 3.63) is 22.7 Å². The largest absolute Gasteiger partial charge is 0.398 e. The van der Waals surface area contributed by atoms with Gasteiger partial charge in [0.1, 0.15) is 4.90 Å². The third-order valence-corrected chi connectivity index (χ3v) is 3.28. The van der Waals surface area contributed by atoms with Crippen LogP contribution in [0.2, 0.25) is 5.02 Å². The molecule has 0 atom stereocenters. The lowest BCUT2D eigenvalue weighted by Crippen LogP contribution is -2.20. The highest BCUT2D eigenvalue weighted by Crippen LogP contribution is 2.25. The predicted molar refractivity (Wildman–Crippen MR) is 52.7 cm³/mol. The molecular formula is C7H9ClN2O3S. The maximum absolute atomic E-state index is 11.2. The second-order valence-corrected chi connectivity index (χ2v) is 4.77. The van der Waals surface area contributed by atoms with Crippen molar-refractivity contribution < 1.29 is 13.6 Å². The fourth-order valence-corrected chi connectivity index (χ4v) is 1.94. The Morgan fingerprint density at radius 1 is 1.50 bits per heavy atom. The fourth-order valence-electron chi connectivity index (χ4n) is 0.967. The summed E-state index contributed by atoms with van der Waals surface area (Å²) in [5.41, 5.74) is 6.17. The molecule has 14 heavy (non-hydrogen) atoms. The van der Waals surface area contributed by atoms with Crippen LogP contribution in [0.1, 0.15) is 5.56 Å². The van der Waals surface area contributed by atoms with Crippen LogP contribution in [0.3, 0.4) is 0 Å². The minimum absolute atomic E-state index is 0.0356. The van der Waals surface area contributed by atoms with Crippen LogP contribution in [-0.4, -0.2) is 13.6 Å². The lowest BCUT2D eigenvalue weighted by atomic mass is 10.2. The lowest BCUT2D eigenvalue weighted by molar-refractivity contribution is 0.242. The first-order valence-electron chi connectivity index (χ1n) is 3.60. The van der Waals surface area contributed by atoms with Gasteiger partial charge in [-0.15, -0.1) is 0 Å². The summed E-state index contributed by atoms with van der Waals surface area (Å²) >= 11 is 5.72. The summed E-state index contributed by atoms with van der Waals surface area (Å²) in [5, 5.41) is 8.67. The smallest absolute Gasteiger partial charge is 0.264 e. The van der Waals surface area contributed by atoms with E-state index in [1.807, 2.05) is 0 Å². The van der Waals surface area contributed by atoms with E-state index in [2.05, 4.69) is 0 Å². The first-order valence-corrected chi connectivity index (χ1v) is 5.46. The standard InChI is InChI=1S/C7H9ClN2O3S/c1-4-2-6(9)7(3-5(4)8)14(12,13)10-11/h2-3,10-11H,9H2,1H3. The van der Waals surface area contributed by atoms with Crippen molar-refractivity contribution in [2.75, 3.05) is 5.73 Å². The Balaban J connectivity index is 3.45. The molecule has 1 aromatic carbocycles. The van der Waals surface area contributed by atoms with Crippen LogP contribution >= 0.6 is 11.6 Å². The van der Waals surface area contributed by atoms with Crippen LogP contribution in [-0.2, 0) is 10.0 Å². The van der Waals surface area contributed by atoms with Crippen molar-refractivity contribution in [3.8, 4) is 0 Å². The van der Waals surface area contributed by atoms with Gasteiger partial charge in [-0.3, -0.25) is 0 Å². The summed E-state index contributed by atoms with van der Waals surface area (Å²) in [7, 11) is -3.97. The molecule has 0 spiro atoms. The van der Waals surface area contributed by atoms with Crippen molar-refractivity contribution >= 4 is 27.3 Å². The molecule has 0 saturated heterocycles. The van der Waals surface area contributed by atoms with Gasteiger partial charge in [0.05, 0.1) is 5.69 Å². The zero-order valence-electron chi connectivity index (χ0n) is 7.28. The number of nitrogen functional groups attached to an aromatic ring is 1. The van der Waals surface area contributed by atoms with E-state index in [1.165, 1.54) is 17.0 Å². The molecule has 0 aliphatic carbocycles. The average Bonchev–Trinajstić information content (AvgIpc) is 2.11. The maximum atomic E-state index is 11.2. The van der Waals surface area contributed by atoms with E-state index in [4.69, 9.17) is 22.5 Å². The van der Waals surface area contributed by atoms with Crippen LogP contribution in [0.25, 0.3) is 0 Å². The number of aryl methyl sites for hydroxylation is 1. The SMILES string of the molecule is Cc1cc(N)c(S(=O)(=O)NO)cc1Cl. The Hall–Kier alpha value is -0.820. The Morgan fingerprint density at radius 3 is 2.57 bits per heavy atom. The molecule has 7 heteroatoms. The highest BCUT2D eigenvalue weighted by Gasteiger charge is 2.17. The number of halogens is 1. The van der Waals surface area contributed by atoms with Gasteiger partial charge in [0.25, 0.3) is 10.0 Å². The van der Waals surface area contributed by atoms with E-state index in [-0.39, 0.29) is 15.6 Å². The number of nitrogens with two attached hydrogens (primary N) is 1. The minimum atomic E-state index is -3.97. The zero-order chi connectivity index (χ0) is 10.9. The van der Waals surface area contributed by atoms with Crippen molar-refractivity contribution in [3.63, 3.8) is 0 Å². The second-order valence-electron chi connectivity index (χ2n) is 2.73. The van der Waals surface area contributed by atoms with E-state index in [0.717, 1.165) is 0 Å². The summed E-state index contributed by atoms with van der Waals surface area (Å²) < 4.78 is 22.4. The van der Waals surface area contributed by atoms with Crippen molar-refractivity contribution in [1.82, 2.24) is 4.89 Å². The molecule has 0 aromatic heterocycles. The maximum Gasteiger partial charge on any atom is 0.264 e. The van der Waals surface area contributed by atoms with E-state index in [9.17, 15) is 8.42 Å². The Kier molecular flexibility index (Phi) is 3.01. The monoisotopic (exact) mass is 236 g/mol. The number of benzene rings is 1. The molecule has 0 bridgehead atoms. The van der Waals surface area contributed by atoms with Crippen LogP contribution in [0.4, 0.5) is 5.69 Å². The molecule has 0 unspecified atom stereocenters. The number of anilines is 1. The second kappa shape index (κ2) is 3.74. The van der Waals surface area contributed by atoms with E-state index >= 15 is 0 Å². The van der Waals surface area contributed by atoms with Crippen LogP contribution in [0, 0.1) is 6.92 Å². The molecule has 0 aliphatic heterocycles. The van der Waals surface area contributed by atoms with Gasteiger partial charge in [-0.25, -0.2) is 8.42 Å². The molecule has 0 aliphatic rings. The highest BCUT2D eigenvalue weighted by molar-refractivity contribution is 7.89. The quantitative estimate of drug-likeness (QED) is 0.525. The summed E-state index contributed by atoms with van der Waals surface area (Å²) in [6, 6.07) is 2.61. The lowest BCUT2D eigenvalue weighted by Gasteiger charge is -2.07. The van der Waals surface area contributed by atoms with Gasteiger partial charge in [-0.2, -0.15) is 0 Å². The van der Waals surface area contributed by atoms with Crippen molar-refractivity contribution in [1.29, 1.82) is 0 Å². The van der Waals surface area contributed by atoms with Gasteiger partial charge in [-0.05, 0) is 24.6 Å². The van der Waals surface area contributed by atoms with Gasteiger partial charge < -0.3 is 10.9 Å². The molecular weight excluding hydrogens is 228 g/mol. The summed E-state index contributed by atoms with van der Waals surface area (Å²) in [5.74, 6) is 0. The van der Waals surface area contributed by atoms with Crippen LogP contribution in [0.15, 0.2) is 17.0 Å². The first kappa shape index (κ1) is 11.3. The molecule has 1 rings (SSSR count). The molecule has 0 saturated carbocycles. The van der Waals surface area contributed by atoms with Gasteiger partial charge in [0.15, 0.2) is 0 Å². The van der Waals surface area contributed by atoms with Crippen LogP contribution in [0.5, 0.6) is 0 Å².